The van der Waals surface area contributed by atoms with E-state index in [-0.39, 0.29) is 41.9 Å². The van der Waals surface area contributed by atoms with Crippen LogP contribution in [0.2, 0.25) is 0 Å². The summed E-state index contributed by atoms with van der Waals surface area (Å²) in [6, 6.07) is 8.70. The van der Waals surface area contributed by atoms with Gasteiger partial charge in [-0.3, -0.25) is 14.4 Å². The molecule has 1 aromatic carbocycles. The zero-order valence-corrected chi connectivity index (χ0v) is 27.9. The van der Waals surface area contributed by atoms with Crippen molar-refractivity contribution in [2.75, 3.05) is 40.4 Å². The van der Waals surface area contributed by atoms with Crippen LogP contribution in [0.15, 0.2) is 59.2 Å². The van der Waals surface area contributed by atoms with Gasteiger partial charge in [0.2, 0.25) is 11.8 Å². The van der Waals surface area contributed by atoms with Crippen molar-refractivity contribution >= 4 is 41.2 Å². The predicted molar refractivity (Wildman–Crippen MR) is 173 cm³/mol. The fourth-order valence-electron chi connectivity index (χ4n) is 5.58. The van der Waals surface area contributed by atoms with Gasteiger partial charge in [0.15, 0.2) is 23.4 Å². The minimum absolute atomic E-state index is 0.0148. The van der Waals surface area contributed by atoms with Crippen molar-refractivity contribution in [3.63, 3.8) is 0 Å². The van der Waals surface area contributed by atoms with Gasteiger partial charge in [0, 0.05) is 25.9 Å². The summed E-state index contributed by atoms with van der Waals surface area (Å²) in [6.45, 7) is 3.64. The van der Waals surface area contributed by atoms with Crippen molar-refractivity contribution in [2.45, 2.75) is 56.9 Å². The summed E-state index contributed by atoms with van der Waals surface area (Å²) < 4.78 is 5.67. The summed E-state index contributed by atoms with van der Waals surface area (Å²) in [5.74, 6) is -4.47. The quantitative estimate of drug-likeness (QED) is 0.145. The maximum Gasteiger partial charge on any atom is 0.353 e. The Labute approximate surface area is 283 Å². The number of amides is 3. The van der Waals surface area contributed by atoms with E-state index in [1.165, 1.54) is 6.08 Å². The van der Waals surface area contributed by atoms with E-state index in [4.69, 9.17) is 36.0 Å². The third-order valence-electron chi connectivity index (χ3n) is 8.11. The largest absolute Gasteiger partial charge is 0.479 e. The number of allylic oxidation sites excluding steroid dienone is 2. The van der Waals surface area contributed by atoms with Crippen molar-refractivity contribution in [2.24, 2.45) is 16.3 Å². The Morgan fingerprint density at radius 2 is 1.69 bits per heavy atom. The summed E-state index contributed by atoms with van der Waals surface area (Å²) in [5, 5.41) is 40.0. The Bertz CT molecular complexity index is 1530. The number of benzene rings is 1. The molecule has 0 spiro atoms. The van der Waals surface area contributed by atoms with Crippen LogP contribution in [0, 0.1) is 5.41 Å². The number of quaternary nitrogens is 1. The highest BCUT2D eigenvalue weighted by molar-refractivity contribution is 6.11. The second kappa shape index (κ2) is 15.7. The summed E-state index contributed by atoms with van der Waals surface area (Å²) in [4.78, 5) is 73.4. The lowest BCUT2D eigenvalue weighted by Crippen LogP contribution is -2.62. The molecule has 3 amide bonds. The van der Waals surface area contributed by atoms with Gasteiger partial charge in [-0.1, -0.05) is 47.6 Å². The van der Waals surface area contributed by atoms with Gasteiger partial charge in [0.25, 0.3) is 0 Å². The third kappa shape index (κ3) is 9.73. The number of aliphatic hydroxyl groups is 2. The zero-order valence-electron chi connectivity index (χ0n) is 27.9. The van der Waals surface area contributed by atoms with E-state index in [0.717, 1.165) is 11.3 Å². The van der Waals surface area contributed by atoms with Crippen molar-refractivity contribution < 1.29 is 58.5 Å². The van der Waals surface area contributed by atoms with Gasteiger partial charge >= 0.3 is 17.8 Å². The number of nitrogens with one attached hydrogen (secondary N) is 1. The molecule has 1 saturated heterocycles. The fourth-order valence-corrected chi connectivity index (χ4v) is 5.58. The number of ketones is 1. The molecular formula is C33H44N5O11+. The van der Waals surface area contributed by atoms with Gasteiger partial charge in [0.1, 0.15) is 20.1 Å². The Morgan fingerprint density at radius 3 is 2.24 bits per heavy atom. The summed E-state index contributed by atoms with van der Waals surface area (Å²) in [6.07, 6.45) is 1.79. The van der Waals surface area contributed by atoms with Crippen molar-refractivity contribution in [1.29, 1.82) is 0 Å². The van der Waals surface area contributed by atoms with Gasteiger partial charge < -0.3 is 41.1 Å². The molecule has 0 aromatic heterocycles. The second-order valence-electron chi connectivity index (χ2n) is 13.1. The number of rotatable bonds is 12. The lowest BCUT2D eigenvalue weighted by atomic mass is 9.73. The molecule has 3 aliphatic rings. The first-order valence-electron chi connectivity index (χ1n) is 15.5. The monoisotopic (exact) mass is 686 g/mol. The smallest absolute Gasteiger partial charge is 0.353 e. The zero-order chi connectivity index (χ0) is 36.7. The molecular weight excluding hydrogens is 642 g/mol. The van der Waals surface area contributed by atoms with Crippen LogP contribution >= 0.6 is 0 Å². The highest BCUT2D eigenvalue weighted by Gasteiger charge is 2.61. The predicted octanol–water partition coefficient (Wildman–Crippen LogP) is -1.01. The van der Waals surface area contributed by atoms with Crippen LogP contribution in [0.5, 0.6) is 0 Å². The van der Waals surface area contributed by atoms with Gasteiger partial charge in [-0.05, 0) is 37.5 Å². The van der Waals surface area contributed by atoms with Crippen LogP contribution in [0.4, 0.5) is 0 Å². The van der Waals surface area contributed by atoms with E-state index in [1.807, 2.05) is 36.4 Å². The van der Waals surface area contributed by atoms with Gasteiger partial charge in [-0.2, -0.15) is 0 Å². The van der Waals surface area contributed by atoms with Crippen LogP contribution in [-0.2, 0) is 39.9 Å². The molecule has 1 aliphatic carbocycles. The molecule has 2 aliphatic heterocycles. The molecule has 4 rings (SSSR count). The summed E-state index contributed by atoms with van der Waals surface area (Å²) in [7, 11) is 3.51. The molecule has 16 nitrogen and oxygen atoms in total. The number of piperidine rings is 1. The van der Waals surface area contributed by atoms with Crippen LogP contribution in [0.25, 0.3) is 0 Å². The average Bonchev–Trinajstić information content (AvgIpc) is 3.23. The van der Waals surface area contributed by atoms with E-state index in [9.17, 15) is 28.8 Å². The van der Waals surface area contributed by atoms with Crippen LogP contribution in [0.3, 0.4) is 0 Å². The van der Waals surface area contributed by atoms with Crippen molar-refractivity contribution in [3.05, 3.63) is 59.7 Å². The first-order valence-corrected chi connectivity index (χ1v) is 15.5. The molecule has 2 unspecified atom stereocenters. The first kappa shape index (κ1) is 38.8. The maximum absolute atomic E-state index is 13.9. The normalized spacial score (nSPS) is 21.7. The Kier molecular flexibility index (Phi) is 12.5. The summed E-state index contributed by atoms with van der Waals surface area (Å²) >= 11 is 0. The molecule has 1 fully saturated rings. The lowest BCUT2D eigenvalue weighted by molar-refractivity contribution is -0.818. The number of carbonyl (C=O) groups is 6. The number of aliphatic hydroxyl groups excluding tert-OH is 2. The van der Waals surface area contributed by atoms with E-state index >= 15 is 0 Å². The number of likely N-dealkylation sites (tertiary alicyclic amines) is 1. The molecule has 2 heterocycles. The highest BCUT2D eigenvalue weighted by atomic mass is 16.5. The Morgan fingerprint density at radius 1 is 1.08 bits per heavy atom. The number of carbonyl (C=O) groups excluding carboxylic acids is 4. The van der Waals surface area contributed by atoms with Crippen LogP contribution in [0.1, 0.15) is 32.3 Å². The lowest BCUT2D eigenvalue weighted by Gasteiger charge is -2.39. The molecule has 49 heavy (non-hydrogen) atoms. The first-order chi connectivity index (χ1) is 22.8. The Balaban J connectivity index is 0.000000565. The molecule has 16 heteroatoms. The minimum Gasteiger partial charge on any atom is -0.479 e. The SMILES string of the molecule is CC(C)(N)C(=O)N[C@H](COCC1=CC(=O)CC=C1)C(=O)N1CCC2=N[N+](C)(C)C(=O)[C@]2(Cc2ccccc2)C1.O=C(O)C(O)C(O)C(=O)O. The second-order valence-corrected chi connectivity index (χ2v) is 13.1. The molecule has 0 saturated carbocycles. The van der Waals surface area contributed by atoms with Crippen LogP contribution < -0.4 is 11.1 Å². The average molecular weight is 687 g/mol. The van der Waals surface area contributed by atoms with Gasteiger partial charge in [-0.15, -0.1) is 4.59 Å². The molecule has 0 radical (unpaired) electrons. The minimum atomic E-state index is -2.27. The highest BCUT2D eigenvalue weighted by Crippen LogP contribution is 2.40. The number of hydrogen-bond donors (Lipinski definition) is 6. The van der Waals surface area contributed by atoms with Gasteiger partial charge in [0.05, 0.1) is 24.5 Å². The van der Waals surface area contributed by atoms with E-state index in [0.29, 0.717) is 31.4 Å². The van der Waals surface area contributed by atoms with Crippen LogP contribution in [-0.4, -0.2) is 135 Å². The standard InChI is InChI=1S/C29H37N5O5.C4H6O6/c1-28(2,30)26(37)31-23(18-39-17-21-11-8-12-22(35)15-21)25(36)33-14-13-24-29(19-33,27(38)34(3,4)32-24)16-20-9-6-5-7-10-20;5-1(3(7)8)2(6)4(9)10/h5-11,15,23H,12-14,16-19,30H2,1-4H3;1-2,5-6H,(H,7,8)(H,9,10)/p+1/t23-,29-;/m1./s1. The number of carboxylic acid groups (broad SMARTS) is 2. The van der Waals surface area contributed by atoms with Gasteiger partial charge in [-0.25, -0.2) is 14.4 Å². The molecule has 7 N–H and O–H groups in total. The molecule has 1 aromatic rings. The van der Waals surface area contributed by atoms with E-state index in [2.05, 4.69) is 5.32 Å². The van der Waals surface area contributed by atoms with Crippen molar-refractivity contribution in [1.82, 2.24) is 10.2 Å². The number of ether oxygens (including phenoxy) is 1. The topological polar surface area (TPSA) is 246 Å². The number of nitrogens with two attached hydrogens (primary N) is 1. The number of aliphatic carboxylic acids is 2. The molecule has 4 atom stereocenters. The maximum atomic E-state index is 13.9. The molecule has 266 valence electrons. The number of hydrogen-bond acceptors (Lipinski definition) is 11. The fraction of sp³-hybridized carbons (Fsp3) is 0.485. The summed E-state index contributed by atoms with van der Waals surface area (Å²) in [5.41, 5.74) is 6.30. The number of nitrogens with zero attached hydrogens (tertiary/aromatic N) is 3. The van der Waals surface area contributed by atoms with Crippen molar-refractivity contribution in [3.8, 4) is 0 Å². The van der Waals surface area contributed by atoms with E-state index < -0.39 is 47.0 Å². The van der Waals surface area contributed by atoms with E-state index in [1.54, 1.807) is 38.9 Å². The number of carboxylic acids is 2. The number of fused-ring (bicyclic) bond motifs is 1. The Hall–Kier alpha value is -4.61. The third-order valence-corrected chi connectivity index (χ3v) is 8.11. The molecule has 0 bridgehead atoms.